The molecule has 3 nitrogen and oxygen atoms in total. The molecule has 3 heteroatoms. The van der Waals surface area contributed by atoms with Crippen LogP contribution >= 0.6 is 0 Å². The van der Waals surface area contributed by atoms with Gasteiger partial charge in [-0.15, -0.1) is 0 Å². The highest BCUT2D eigenvalue weighted by Gasteiger charge is 2.11. The molecule has 1 atom stereocenters. The molecule has 0 radical (unpaired) electrons. The molecular formula is C13H19NO2. The predicted octanol–water partition coefficient (Wildman–Crippen LogP) is 2.29. The topological polar surface area (TPSA) is 38.3 Å². The van der Waals surface area contributed by atoms with Crippen molar-refractivity contribution in [1.82, 2.24) is 5.32 Å². The zero-order valence-corrected chi connectivity index (χ0v) is 9.90. The number of hydrogen-bond donors (Lipinski definition) is 1. The normalized spacial score (nSPS) is 12.1. The highest BCUT2D eigenvalue weighted by molar-refractivity contribution is 5.77. The van der Waals surface area contributed by atoms with E-state index < -0.39 is 0 Å². The maximum atomic E-state index is 11.5. The van der Waals surface area contributed by atoms with E-state index in [4.69, 9.17) is 4.74 Å². The van der Waals surface area contributed by atoms with Crippen molar-refractivity contribution in [2.24, 2.45) is 0 Å². The molecule has 88 valence electrons. The zero-order chi connectivity index (χ0) is 11.8. The third-order valence-electron chi connectivity index (χ3n) is 2.38. The second-order valence-electron chi connectivity index (χ2n) is 3.58. The van der Waals surface area contributed by atoms with E-state index in [1.807, 2.05) is 37.3 Å². The van der Waals surface area contributed by atoms with Gasteiger partial charge < -0.3 is 10.1 Å². The minimum absolute atomic E-state index is 0.0578. The van der Waals surface area contributed by atoms with E-state index in [0.29, 0.717) is 6.61 Å². The highest BCUT2D eigenvalue weighted by Crippen LogP contribution is 2.15. The summed E-state index contributed by atoms with van der Waals surface area (Å²) in [4.78, 5) is 11.5. The number of rotatable bonds is 6. The van der Waals surface area contributed by atoms with E-state index in [1.165, 1.54) is 0 Å². The van der Waals surface area contributed by atoms with Crippen molar-refractivity contribution in [2.45, 2.75) is 26.3 Å². The zero-order valence-electron chi connectivity index (χ0n) is 9.90. The first-order chi connectivity index (χ1) is 7.77. The van der Waals surface area contributed by atoms with Crippen molar-refractivity contribution in [3.8, 4) is 0 Å². The lowest BCUT2D eigenvalue weighted by atomic mass is 10.0. The predicted molar refractivity (Wildman–Crippen MR) is 64.1 cm³/mol. The summed E-state index contributed by atoms with van der Waals surface area (Å²) in [5.74, 6) is -0.0578. The van der Waals surface area contributed by atoms with Crippen LogP contribution in [-0.2, 0) is 9.53 Å². The first-order valence-electron chi connectivity index (χ1n) is 5.70. The Kier molecular flexibility index (Phi) is 5.57. The summed E-state index contributed by atoms with van der Waals surface area (Å²) >= 11 is 0. The Bertz CT molecular complexity index is 311. The minimum atomic E-state index is -0.0578. The molecule has 0 fully saturated rings. The van der Waals surface area contributed by atoms with Gasteiger partial charge in [0.15, 0.2) is 0 Å². The Morgan fingerprint density at radius 3 is 2.56 bits per heavy atom. The smallest absolute Gasteiger partial charge is 0.246 e. The number of benzene rings is 1. The lowest BCUT2D eigenvalue weighted by Gasteiger charge is -2.17. The molecule has 0 aliphatic carbocycles. The molecule has 0 aliphatic rings. The SMILES string of the molecule is CCOCC(=O)N[C@H](CC)c1ccccc1. The monoisotopic (exact) mass is 221 g/mol. The maximum absolute atomic E-state index is 11.5. The number of carbonyl (C=O) groups is 1. The molecule has 0 unspecified atom stereocenters. The summed E-state index contributed by atoms with van der Waals surface area (Å²) in [6, 6.07) is 10.1. The third-order valence-corrected chi connectivity index (χ3v) is 2.38. The van der Waals surface area contributed by atoms with Gasteiger partial charge in [-0.1, -0.05) is 37.3 Å². The number of amides is 1. The fourth-order valence-corrected chi connectivity index (χ4v) is 1.54. The molecule has 1 amide bonds. The van der Waals surface area contributed by atoms with Crippen molar-refractivity contribution in [3.05, 3.63) is 35.9 Å². The number of ether oxygens (including phenoxy) is 1. The molecule has 0 saturated carbocycles. The molecule has 1 aromatic rings. The lowest BCUT2D eigenvalue weighted by molar-refractivity contribution is -0.126. The Hall–Kier alpha value is -1.35. The fourth-order valence-electron chi connectivity index (χ4n) is 1.54. The Morgan fingerprint density at radius 2 is 2.00 bits per heavy atom. The largest absolute Gasteiger partial charge is 0.372 e. The molecule has 1 aromatic carbocycles. The van der Waals surface area contributed by atoms with Crippen molar-refractivity contribution in [2.75, 3.05) is 13.2 Å². The van der Waals surface area contributed by atoms with E-state index in [1.54, 1.807) is 0 Å². The average Bonchev–Trinajstić information content (AvgIpc) is 2.34. The van der Waals surface area contributed by atoms with Crippen LogP contribution in [0.1, 0.15) is 31.9 Å². The van der Waals surface area contributed by atoms with Crippen LogP contribution in [0.15, 0.2) is 30.3 Å². The Balaban J connectivity index is 2.52. The van der Waals surface area contributed by atoms with Crippen molar-refractivity contribution in [3.63, 3.8) is 0 Å². The fraction of sp³-hybridized carbons (Fsp3) is 0.462. The number of carbonyl (C=O) groups excluding carboxylic acids is 1. The van der Waals surface area contributed by atoms with Crippen LogP contribution in [0.3, 0.4) is 0 Å². The van der Waals surface area contributed by atoms with Gasteiger partial charge in [-0.25, -0.2) is 0 Å². The number of hydrogen-bond acceptors (Lipinski definition) is 2. The van der Waals surface area contributed by atoms with E-state index in [0.717, 1.165) is 12.0 Å². The molecular weight excluding hydrogens is 202 g/mol. The van der Waals surface area contributed by atoms with Crippen molar-refractivity contribution >= 4 is 5.91 Å². The van der Waals surface area contributed by atoms with Gasteiger partial charge in [0, 0.05) is 6.61 Å². The van der Waals surface area contributed by atoms with Gasteiger partial charge in [-0.3, -0.25) is 4.79 Å². The average molecular weight is 221 g/mol. The summed E-state index contributed by atoms with van der Waals surface area (Å²) in [7, 11) is 0. The van der Waals surface area contributed by atoms with Gasteiger partial charge in [-0.05, 0) is 18.9 Å². The molecule has 0 aromatic heterocycles. The van der Waals surface area contributed by atoms with Crippen LogP contribution in [0.4, 0.5) is 0 Å². The van der Waals surface area contributed by atoms with Gasteiger partial charge in [0.1, 0.15) is 6.61 Å². The molecule has 0 aliphatic heterocycles. The maximum Gasteiger partial charge on any atom is 0.246 e. The van der Waals surface area contributed by atoms with Gasteiger partial charge in [0.25, 0.3) is 0 Å². The van der Waals surface area contributed by atoms with Crippen LogP contribution in [0.2, 0.25) is 0 Å². The molecule has 0 heterocycles. The summed E-state index contributed by atoms with van der Waals surface area (Å²) in [6.07, 6.45) is 0.877. The Labute approximate surface area is 96.8 Å². The van der Waals surface area contributed by atoms with Crippen molar-refractivity contribution < 1.29 is 9.53 Å². The standard InChI is InChI=1S/C13H19NO2/c1-3-12(11-8-6-5-7-9-11)14-13(15)10-16-4-2/h5-9,12H,3-4,10H2,1-2H3,(H,14,15)/t12-/m1/s1. The molecule has 1 N–H and O–H groups in total. The van der Waals surface area contributed by atoms with Crippen LogP contribution in [-0.4, -0.2) is 19.1 Å². The molecule has 0 bridgehead atoms. The van der Waals surface area contributed by atoms with Gasteiger partial charge in [0.2, 0.25) is 5.91 Å². The summed E-state index contributed by atoms with van der Waals surface area (Å²) < 4.78 is 5.06. The van der Waals surface area contributed by atoms with Crippen LogP contribution in [0, 0.1) is 0 Å². The van der Waals surface area contributed by atoms with Gasteiger partial charge in [0.05, 0.1) is 6.04 Å². The second-order valence-corrected chi connectivity index (χ2v) is 3.58. The summed E-state index contributed by atoms with van der Waals surface area (Å²) in [6.45, 7) is 4.63. The van der Waals surface area contributed by atoms with Crippen molar-refractivity contribution in [1.29, 1.82) is 0 Å². The van der Waals surface area contributed by atoms with Crippen LogP contribution < -0.4 is 5.32 Å². The molecule has 1 rings (SSSR count). The second kappa shape index (κ2) is 7.01. The van der Waals surface area contributed by atoms with E-state index in [-0.39, 0.29) is 18.6 Å². The molecule has 0 spiro atoms. The molecule has 0 saturated heterocycles. The molecule has 16 heavy (non-hydrogen) atoms. The number of nitrogens with one attached hydrogen (secondary N) is 1. The Morgan fingerprint density at radius 1 is 1.31 bits per heavy atom. The van der Waals surface area contributed by atoms with Gasteiger partial charge in [-0.2, -0.15) is 0 Å². The highest BCUT2D eigenvalue weighted by atomic mass is 16.5. The van der Waals surface area contributed by atoms with E-state index in [9.17, 15) is 4.79 Å². The first-order valence-corrected chi connectivity index (χ1v) is 5.70. The summed E-state index contributed by atoms with van der Waals surface area (Å²) in [5, 5.41) is 2.95. The first kappa shape index (κ1) is 12.7. The minimum Gasteiger partial charge on any atom is -0.372 e. The summed E-state index contributed by atoms with van der Waals surface area (Å²) in [5.41, 5.74) is 1.13. The van der Waals surface area contributed by atoms with Crippen LogP contribution in [0.25, 0.3) is 0 Å². The lowest BCUT2D eigenvalue weighted by Crippen LogP contribution is -2.31. The van der Waals surface area contributed by atoms with Crippen LogP contribution in [0.5, 0.6) is 0 Å². The quantitative estimate of drug-likeness (QED) is 0.800. The van der Waals surface area contributed by atoms with E-state index in [2.05, 4.69) is 12.2 Å². The third kappa shape index (κ3) is 4.03. The van der Waals surface area contributed by atoms with E-state index >= 15 is 0 Å². The van der Waals surface area contributed by atoms with Gasteiger partial charge >= 0.3 is 0 Å².